The van der Waals surface area contributed by atoms with Crippen molar-refractivity contribution < 1.29 is 19.0 Å². The maximum Gasteiger partial charge on any atom is 0.270 e. The minimum absolute atomic E-state index is 0.165. The number of nitrogens with one attached hydrogen (secondary N) is 1. The Morgan fingerprint density at radius 2 is 1.93 bits per heavy atom. The summed E-state index contributed by atoms with van der Waals surface area (Å²) >= 11 is 1.43. The van der Waals surface area contributed by atoms with Crippen LogP contribution in [0.15, 0.2) is 48.5 Å². The Morgan fingerprint density at radius 3 is 2.67 bits per heavy atom. The molecule has 1 atom stereocenters. The SMILES string of the molecule is COc1ccc(-c2nc(NC(=O)[C@H]3COc4ccccc4O3)sc2C)cc1. The predicted molar refractivity (Wildman–Crippen MR) is 104 cm³/mol. The van der Waals surface area contributed by atoms with Crippen molar-refractivity contribution >= 4 is 22.4 Å². The third kappa shape index (κ3) is 3.59. The third-order valence-electron chi connectivity index (χ3n) is 4.19. The lowest BCUT2D eigenvalue weighted by molar-refractivity contribution is -0.125. The molecule has 1 N–H and O–H groups in total. The highest BCUT2D eigenvalue weighted by Gasteiger charge is 2.28. The molecule has 138 valence electrons. The average Bonchev–Trinajstić information content (AvgIpc) is 3.07. The molecule has 1 aliphatic heterocycles. The van der Waals surface area contributed by atoms with E-state index in [0.717, 1.165) is 21.9 Å². The van der Waals surface area contributed by atoms with Gasteiger partial charge < -0.3 is 14.2 Å². The van der Waals surface area contributed by atoms with Crippen LogP contribution in [0.5, 0.6) is 17.2 Å². The van der Waals surface area contributed by atoms with Crippen LogP contribution >= 0.6 is 11.3 Å². The van der Waals surface area contributed by atoms with Crippen molar-refractivity contribution in [3.05, 3.63) is 53.4 Å². The van der Waals surface area contributed by atoms with Gasteiger partial charge in [0, 0.05) is 10.4 Å². The van der Waals surface area contributed by atoms with E-state index in [4.69, 9.17) is 14.2 Å². The van der Waals surface area contributed by atoms with Crippen LogP contribution in [0.3, 0.4) is 0 Å². The zero-order valence-corrected chi connectivity index (χ0v) is 15.7. The highest BCUT2D eigenvalue weighted by molar-refractivity contribution is 7.16. The zero-order chi connectivity index (χ0) is 18.8. The Morgan fingerprint density at radius 1 is 1.19 bits per heavy atom. The Hall–Kier alpha value is -3.06. The molecule has 0 saturated heterocycles. The van der Waals surface area contributed by atoms with Crippen molar-refractivity contribution in [1.82, 2.24) is 4.98 Å². The molecule has 0 saturated carbocycles. The first-order valence-corrected chi connectivity index (χ1v) is 9.27. The Balaban J connectivity index is 1.48. The number of thiazole rings is 1. The lowest BCUT2D eigenvalue weighted by Crippen LogP contribution is -2.40. The summed E-state index contributed by atoms with van der Waals surface area (Å²) < 4.78 is 16.5. The molecule has 1 amide bonds. The molecule has 0 radical (unpaired) electrons. The molecule has 2 heterocycles. The third-order valence-corrected chi connectivity index (χ3v) is 5.08. The summed E-state index contributed by atoms with van der Waals surface area (Å²) in [6.07, 6.45) is -0.714. The van der Waals surface area contributed by atoms with Gasteiger partial charge in [0.2, 0.25) is 6.10 Å². The molecule has 1 aliphatic rings. The van der Waals surface area contributed by atoms with E-state index in [1.807, 2.05) is 49.4 Å². The lowest BCUT2D eigenvalue weighted by Gasteiger charge is -2.25. The van der Waals surface area contributed by atoms with Crippen molar-refractivity contribution in [3.8, 4) is 28.5 Å². The zero-order valence-electron chi connectivity index (χ0n) is 14.9. The van der Waals surface area contributed by atoms with E-state index in [0.29, 0.717) is 16.6 Å². The van der Waals surface area contributed by atoms with Crippen molar-refractivity contribution in [2.75, 3.05) is 19.0 Å². The van der Waals surface area contributed by atoms with Crippen LogP contribution in [0.1, 0.15) is 4.88 Å². The van der Waals surface area contributed by atoms with Gasteiger partial charge in [-0.3, -0.25) is 10.1 Å². The van der Waals surface area contributed by atoms with Crippen LogP contribution in [0, 0.1) is 6.92 Å². The topological polar surface area (TPSA) is 69.7 Å². The second-order valence-electron chi connectivity index (χ2n) is 6.01. The summed E-state index contributed by atoms with van der Waals surface area (Å²) in [6, 6.07) is 15.0. The van der Waals surface area contributed by atoms with Gasteiger partial charge in [0.15, 0.2) is 16.6 Å². The van der Waals surface area contributed by atoms with Gasteiger partial charge in [-0.2, -0.15) is 0 Å². The fourth-order valence-corrected chi connectivity index (χ4v) is 3.64. The van der Waals surface area contributed by atoms with Crippen molar-refractivity contribution in [1.29, 1.82) is 0 Å². The number of para-hydroxylation sites is 2. The van der Waals surface area contributed by atoms with Gasteiger partial charge in [-0.1, -0.05) is 12.1 Å². The van der Waals surface area contributed by atoms with Crippen LogP contribution in [-0.2, 0) is 4.79 Å². The minimum atomic E-state index is -0.714. The summed E-state index contributed by atoms with van der Waals surface area (Å²) in [4.78, 5) is 18.1. The largest absolute Gasteiger partial charge is 0.497 e. The number of methoxy groups -OCH3 is 1. The summed E-state index contributed by atoms with van der Waals surface area (Å²) in [5, 5.41) is 3.37. The van der Waals surface area contributed by atoms with Crippen molar-refractivity contribution in [2.45, 2.75) is 13.0 Å². The molecule has 1 aromatic heterocycles. The highest BCUT2D eigenvalue weighted by Crippen LogP contribution is 2.33. The molecule has 0 unspecified atom stereocenters. The lowest BCUT2D eigenvalue weighted by atomic mass is 10.1. The number of hydrogen-bond donors (Lipinski definition) is 1. The summed E-state index contributed by atoms with van der Waals surface area (Å²) in [6.45, 7) is 2.14. The fourth-order valence-electron chi connectivity index (χ4n) is 2.80. The van der Waals surface area contributed by atoms with Gasteiger partial charge in [0.1, 0.15) is 12.4 Å². The molecular formula is C20H18N2O4S. The van der Waals surface area contributed by atoms with E-state index in [-0.39, 0.29) is 12.5 Å². The molecule has 2 aromatic carbocycles. The molecule has 27 heavy (non-hydrogen) atoms. The number of amides is 1. The van der Waals surface area contributed by atoms with Crippen LogP contribution < -0.4 is 19.5 Å². The minimum Gasteiger partial charge on any atom is -0.497 e. The first-order chi connectivity index (χ1) is 13.1. The second-order valence-corrected chi connectivity index (χ2v) is 7.21. The maximum atomic E-state index is 12.6. The van der Waals surface area contributed by atoms with Gasteiger partial charge in [-0.15, -0.1) is 11.3 Å². The molecule has 3 aromatic rings. The Bertz CT molecular complexity index is 968. The van der Waals surface area contributed by atoms with E-state index in [2.05, 4.69) is 10.3 Å². The number of anilines is 1. The average molecular weight is 382 g/mol. The van der Waals surface area contributed by atoms with E-state index >= 15 is 0 Å². The number of benzene rings is 2. The van der Waals surface area contributed by atoms with Crippen LogP contribution in [0.4, 0.5) is 5.13 Å². The number of nitrogens with zero attached hydrogens (tertiary/aromatic N) is 1. The number of aryl methyl sites for hydroxylation is 1. The number of carbonyl (C=O) groups is 1. The first-order valence-electron chi connectivity index (χ1n) is 8.45. The number of fused-ring (bicyclic) bond motifs is 1. The molecule has 0 aliphatic carbocycles. The van der Waals surface area contributed by atoms with E-state index in [1.165, 1.54) is 11.3 Å². The fraction of sp³-hybridized carbons (Fsp3) is 0.200. The van der Waals surface area contributed by atoms with Gasteiger partial charge in [-0.25, -0.2) is 4.98 Å². The number of hydrogen-bond acceptors (Lipinski definition) is 6. The Kier molecular flexibility index (Phi) is 4.68. The quantitative estimate of drug-likeness (QED) is 0.741. The number of rotatable bonds is 4. The summed E-state index contributed by atoms with van der Waals surface area (Å²) in [7, 11) is 1.63. The van der Waals surface area contributed by atoms with Gasteiger partial charge >= 0.3 is 0 Å². The van der Waals surface area contributed by atoms with E-state index in [9.17, 15) is 4.79 Å². The number of ether oxygens (including phenoxy) is 3. The molecular weight excluding hydrogens is 364 g/mol. The second kappa shape index (κ2) is 7.28. The molecule has 0 fully saturated rings. The molecule has 6 nitrogen and oxygen atoms in total. The van der Waals surface area contributed by atoms with Crippen LogP contribution in [-0.4, -0.2) is 30.7 Å². The first kappa shape index (κ1) is 17.4. The molecule has 0 bridgehead atoms. The monoisotopic (exact) mass is 382 g/mol. The standard InChI is InChI=1S/C20H18N2O4S/c1-12-18(13-7-9-14(24-2)10-8-13)21-20(27-12)22-19(23)17-11-25-15-5-3-4-6-16(15)26-17/h3-10,17H,11H2,1-2H3,(H,21,22,23)/t17-/m1/s1. The van der Waals surface area contributed by atoms with Crippen molar-refractivity contribution in [3.63, 3.8) is 0 Å². The van der Waals surface area contributed by atoms with E-state index < -0.39 is 6.10 Å². The molecule has 7 heteroatoms. The Labute approximate surface area is 160 Å². The maximum absolute atomic E-state index is 12.6. The van der Waals surface area contributed by atoms with Crippen LogP contribution in [0.2, 0.25) is 0 Å². The molecule has 4 rings (SSSR count). The summed E-state index contributed by atoms with van der Waals surface area (Å²) in [5.74, 6) is 1.72. The normalized spacial score (nSPS) is 15.3. The number of aromatic nitrogens is 1. The highest BCUT2D eigenvalue weighted by atomic mass is 32.1. The van der Waals surface area contributed by atoms with Crippen LogP contribution in [0.25, 0.3) is 11.3 Å². The van der Waals surface area contributed by atoms with E-state index in [1.54, 1.807) is 13.2 Å². The smallest absolute Gasteiger partial charge is 0.270 e. The molecule has 0 spiro atoms. The number of carbonyl (C=O) groups excluding carboxylic acids is 1. The van der Waals surface area contributed by atoms with Gasteiger partial charge in [-0.05, 0) is 43.3 Å². The van der Waals surface area contributed by atoms with Gasteiger partial charge in [0.05, 0.1) is 12.8 Å². The predicted octanol–water partition coefficient (Wildman–Crippen LogP) is 3.91. The van der Waals surface area contributed by atoms with Crippen molar-refractivity contribution in [2.24, 2.45) is 0 Å². The van der Waals surface area contributed by atoms with Gasteiger partial charge in [0.25, 0.3) is 5.91 Å². The summed E-state index contributed by atoms with van der Waals surface area (Å²) in [5.41, 5.74) is 1.81.